The zero-order valence-electron chi connectivity index (χ0n) is 19.8. The van der Waals surface area contributed by atoms with E-state index in [1.54, 1.807) is 18.3 Å². The van der Waals surface area contributed by atoms with Crippen molar-refractivity contribution in [3.63, 3.8) is 0 Å². The van der Waals surface area contributed by atoms with Crippen molar-refractivity contribution in [1.29, 1.82) is 0 Å². The first kappa shape index (κ1) is 23.4. The molecule has 1 aliphatic rings. The average molecular weight is 483 g/mol. The first-order valence-electron chi connectivity index (χ1n) is 12.1. The number of halogens is 1. The van der Waals surface area contributed by atoms with Gasteiger partial charge in [0.2, 0.25) is 0 Å². The maximum atomic E-state index is 12.8. The SMILES string of the molecule is CCC1CCN(Cc2cc(=O)c3cc(C#Cc4ccc(-c5ccc(Cl)cc5)cn4)ccc3o2)CC1. The van der Waals surface area contributed by atoms with Crippen molar-refractivity contribution in [2.75, 3.05) is 13.1 Å². The normalized spacial score (nSPS) is 14.6. The smallest absolute Gasteiger partial charge is 0.193 e. The maximum absolute atomic E-state index is 12.8. The molecular weight excluding hydrogens is 456 g/mol. The summed E-state index contributed by atoms with van der Waals surface area (Å²) in [5.41, 5.74) is 4.04. The first-order valence-corrected chi connectivity index (χ1v) is 12.5. The topological polar surface area (TPSA) is 46.3 Å². The van der Waals surface area contributed by atoms with E-state index in [-0.39, 0.29) is 5.43 Å². The third kappa shape index (κ3) is 5.65. The molecule has 176 valence electrons. The van der Waals surface area contributed by atoms with Gasteiger partial charge in [0.15, 0.2) is 5.43 Å². The molecule has 1 fully saturated rings. The number of hydrogen-bond donors (Lipinski definition) is 0. The van der Waals surface area contributed by atoms with Gasteiger partial charge in [-0.3, -0.25) is 9.69 Å². The van der Waals surface area contributed by atoms with Crippen LogP contribution in [0.4, 0.5) is 0 Å². The Morgan fingerprint density at radius 2 is 1.77 bits per heavy atom. The zero-order valence-corrected chi connectivity index (χ0v) is 20.5. The number of rotatable bonds is 4. The first-order chi connectivity index (χ1) is 17.1. The number of hydrogen-bond acceptors (Lipinski definition) is 4. The van der Waals surface area contributed by atoms with Gasteiger partial charge in [0.1, 0.15) is 17.0 Å². The molecule has 0 amide bonds. The maximum Gasteiger partial charge on any atom is 0.193 e. The highest BCUT2D eigenvalue weighted by molar-refractivity contribution is 6.30. The molecule has 2 aromatic carbocycles. The van der Waals surface area contributed by atoms with Gasteiger partial charge < -0.3 is 4.42 Å². The van der Waals surface area contributed by atoms with Gasteiger partial charge in [-0.25, -0.2) is 4.98 Å². The second-order valence-electron chi connectivity index (χ2n) is 9.10. The van der Waals surface area contributed by atoms with Crippen LogP contribution in [0, 0.1) is 17.8 Å². The van der Waals surface area contributed by atoms with Crippen LogP contribution in [0.3, 0.4) is 0 Å². The molecule has 0 spiro atoms. The number of fused-ring (bicyclic) bond motifs is 1. The van der Waals surface area contributed by atoms with Crippen molar-refractivity contribution in [3.05, 3.63) is 99.1 Å². The van der Waals surface area contributed by atoms with Gasteiger partial charge in [0.05, 0.1) is 11.9 Å². The van der Waals surface area contributed by atoms with Crippen molar-refractivity contribution in [1.82, 2.24) is 9.88 Å². The minimum atomic E-state index is -0.0289. The highest BCUT2D eigenvalue weighted by Crippen LogP contribution is 2.23. The standard InChI is InChI=1S/C30H27ClN2O2/c1-2-21-13-15-33(16-14-21)20-27-18-29(34)28-17-22(4-12-30(28)35-27)3-10-26-11-7-24(19-32-26)23-5-8-25(31)9-6-23/h4-9,11-12,17-19,21H,2,13-16,20H2,1H3. The predicted molar refractivity (Wildman–Crippen MR) is 141 cm³/mol. The Hall–Kier alpha value is -3.39. The van der Waals surface area contributed by atoms with E-state index in [9.17, 15) is 4.79 Å². The van der Waals surface area contributed by atoms with E-state index in [0.717, 1.165) is 41.5 Å². The fourth-order valence-corrected chi connectivity index (χ4v) is 4.68. The number of pyridine rings is 1. The Balaban J connectivity index is 1.30. The van der Waals surface area contributed by atoms with E-state index < -0.39 is 0 Å². The highest BCUT2D eigenvalue weighted by Gasteiger charge is 2.19. The molecule has 35 heavy (non-hydrogen) atoms. The molecule has 0 saturated carbocycles. The second kappa shape index (κ2) is 10.5. The molecule has 0 bridgehead atoms. The van der Waals surface area contributed by atoms with Crippen LogP contribution >= 0.6 is 11.6 Å². The van der Waals surface area contributed by atoms with Gasteiger partial charge in [-0.05, 0) is 79.7 Å². The van der Waals surface area contributed by atoms with Crippen molar-refractivity contribution in [3.8, 4) is 23.0 Å². The van der Waals surface area contributed by atoms with Crippen LogP contribution in [-0.4, -0.2) is 23.0 Å². The van der Waals surface area contributed by atoms with Gasteiger partial charge in [-0.2, -0.15) is 0 Å². The summed E-state index contributed by atoms with van der Waals surface area (Å²) >= 11 is 5.96. The Bertz CT molecular complexity index is 1440. The molecule has 4 aromatic rings. The van der Waals surface area contributed by atoms with E-state index >= 15 is 0 Å². The summed E-state index contributed by atoms with van der Waals surface area (Å²) in [7, 11) is 0. The highest BCUT2D eigenvalue weighted by atomic mass is 35.5. The number of piperidine rings is 1. The van der Waals surface area contributed by atoms with Crippen molar-refractivity contribution in [2.24, 2.45) is 5.92 Å². The average Bonchev–Trinajstić information content (AvgIpc) is 2.89. The predicted octanol–water partition coefficient (Wildman–Crippen LogP) is 6.53. The number of likely N-dealkylation sites (tertiary alicyclic amines) is 1. The summed E-state index contributed by atoms with van der Waals surface area (Å²) in [4.78, 5) is 19.6. The van der Waals surface area contributed by atoms with Crippen LogP contribution in [0.15, 0.2) is 76.1 Å². The van der Waals surface area contributed by atoms with E-state index in [0.29, 0.717) is 28.2 Å². The summed E-state index contributed by atoms with van der Waals surface area (Å²) in [5.74, 6) is 7.75. The van der Waals surface area contributed by atoms with Crippen LogP contribution in [-0.2, 0) is 6.54 Å². The molecule has 0 atom stereocenters. The lowest BCUT2D eigenvalue weighted by molar-refractivity contribution is 0.165. The van der Waals surface area contributed by atoms with Gasteiger partial charge >= 0.3 is 0 Å². The molecule has 5 heteroatoms. The molecule has 5 rings (SSSR count). The monoisotopic (exact) mass is 482 g/mol. The molecule has 2 aromatic heterocycles. The minimum absolute atomic E-state index is 0.0289. The van der Waals surface area contributed by atoms with E-state index in [1.165, 1.54) is 19.3 Å². The Kier molecular flexibility index (Phi) is 6.99. The van der Waals surface area contributed by atoms with Crippen LogP contribution in [0.25, 0.3) is 22.1 Å². The lowest BCUT2D eigenvalue weighted by Crippen LogP contribution is -2.33. The fraction of sp³-hybridized carbons (Fsp3) is 0.267. The quantitative estimate of drug-likeness (QED) is 0.310. The second-order valence-corrected chi connectivity index (χ2v) is 9.54. The number of benzene rings is 2. The van der Waals surface area contributed by atoms with Gasteiger partial charge in [-0.15, -0.1) is 0 Å². The lowest BCUT2D eigenvalue weighted by Gasteiger charge is -2.30. The summed E-state index contributed by atoms with van der Waals surface area (Å²) in [5, 5.41) is 1.26. The Labute approximate surface area is 210 Å². The van der Waals surface area contributed by atoms with Gasteiger partial charge in [0.25, 0.3) is 0 Å². The Morgan fingerprint density at radius 3 is 2.49 bits per heavy atom. The third-order valence-corrected chi connectivity index (χ3v) is 6.97. The summed E-state index contributed by atoms with van der Waals surface area (Å²) in [6.07, 6.45) is 5.48. The molecule has 3 heterocycles. The van der Waals surface area contributed by atoms with Crippen LogP contribution < -0.4 is 5.43 Å². The van der Waals surface area contributed by atoms with E-state index in [2.05, 4.69) is 28.6 Å². The van der Waals surface area contributed by atoms with Crippen molar-refractivity contribution >= 4 is 22.6 Å². The summed E-state index contributed by atoms with van der Waals surface area (Å²) in [6.45, 7) is 5.06. The zero-order chi connectivity index (χ0) is 24.2. The molecule has 1 aliphatic heterocycles. The number of nitrogens with zero attached hydrogens (tertiary/aromatic N) is 2. The minimum Gasteiger partial charge on any atom is -0.459 e. The van der Waals surface area contributed by atoms with Crippen LogP contribution in [0.1, 0.15) is 43.2 Å². The molecule has 1 saturated heterocycles. The number of aromatic nitrogens is 1. The molecule has 0 N–H and O–H groups in total. The van der Waals surface area contributed by atoms with Crippen LogP contribution in [0.5, 0.6) is 0 Å². The van der Waals surface area contributed by atoms with E-state index in [4.69, 9.17) is 16.0 Å². The molecule has 4 nitrogen and oxygen atoms in total. The van der Waals surface area contributed by atoms with E-state index in [1.807, 2.05) is 48.5 Å². The van der Waals surface area contributed by atoms with Gasteiger partial charge in [-0.1, -0.05) is 49.1 Å². The van der Waals surface area contributed by atoms with Crippen molar-refractivity contribution < 1.29 is 4.42 Å². The van der Waals surface area contributed by atoms with Gasteiger partial charge in [0, 0.05) is 28.4 Å². The third-order valence-electron chi connectivity index (χ3n) is 6.72. The molecule has 0 aliphatic carbocycles. The lowest BCUT2D eigenvalue weighted by atomic mass is 9.94. The van der Waals surface area contributed by atoms with Crippen molar-refractivity contribution in [2.45, 2.75) is 32.7 Å². The Morgan fingerprint density at radius 1 is 1.00 bits per heavy atom. The molecular formula is C30H27ClN2O2. The fourth-order valence-electron chi connectivity index (χ4n) is 4.55. The molecule has 0 unspecified atom stereocenters. The summed E-state index contributed by atoms with van der Waals surface area (Å²) < 4.78 is 6.07. The molecule has 0 radical (unpaired) electrons. The largest absolute Gasteiger partial charge is 0.459 e. The van der Waals surface area contributed by atoms with Crippen LogP contribution in [0.2, 0.25) is 5.02 Å². The summed E-state index contributed by atoms with van der Waals surface area (Å²) in [6, 6.07) is 18.7.